The normalized spacial score (nSPS) is 22.1. The van der Waals surface area contributed by atoms with Crippen molar-refractivity contribution in [2.45, 2.75) is 19.9 Å². The van der Waals surface area contributed by atoms with Crippen LogP contribution in [0.15, 0.2) is 4.99 Å². The predicted molar refractivity (Wildman–Crippen MR) is 108 cm³/mol. The maximum Gasteiger partial charge on any atom is 0.194 e. The minimum absolute atomic E-state index is 0. The lowest BCUT2D eigenvalue weighted by Crippen LogP contribution is -2.42. The van der Waals surface area contributed by atoms with Gasteiger partial charge in [0.25, 0.3) is 0 Å². The summed E-state index contributed by atoms with van der Waals surface area (Å²) in [6.45, 7) is 9.77. The number of morpholine rings is 1. The number of hydrogen-bond acceptors (Lipinski definition) is 5. The van der Waals surface area contributed by atoms with Crippen molar-refractivity contribution in [1.82, 2.24) is 29.9 Å². The molecule has 0 radical (unpaired) electrons. The van der Waals surface area contributed by atoms with Gasteiger partial charge in [-0.3, -0.25) is 9.89 Å². The number of guanidine groups is 1. The van der Waals surface area contributed by atoms with Crippen molar-refractivity contribution in [3.05, 3.63) is 11.6 Å². The van der Waals surface area contributed by atoms with Gasteiger partial charge in [-0.05, 0) is 19.3 Å². The molecule has 0 amide bonds. The molecule has 2 aliphatic heterocycles. The molecule has 0 aromatic carbocycles. The van der Waals surface area contributed by atoms with Crippen LogP contribution < -0.4 is 5.32 Å². The van der Waals surface area contributed by atoms with Crippen LogP contribution in [0.2, 0.25) is 0 Å². The molecule has 2 aliphatic rings. The fourth-order valence-electron chi connectivity index (χ4n) is 3.42. The average Bonchev–Trinajstić information content (AvgIpc) is 3.18. The number of halogens is 1. The van der Waals surface area contributed by atoms with Gasteiger partial charge in [-0.1, -0.05) is 0 Å². The molecule has 9 heteroatoms. The summed E-state index contributed by atoms with van der Waals surface area (Å²) in [4.78, 5) is 9.32. The number of nitrogens with zero attached hydrogens (tertiary/aromatic N) is 6. The van der Waals surface area contributed by atoms with Crippen LogP contribution in [-0.2, 0) is 18.3 Å². The summed E-state index contributed by atoms with van der Waals surface area (Å²) in [6.07, 6.45) is 1.22. The molecular formula is C16H30IN7O. The van der Waals surface area contributed by atoms with Crippen molar-refractivity contribution in [3.63, 3.8) is 0 Å². The summed E-state index contributed by atoms with van der Waals surface area (Å²) in [5, 5.41) is 11.7. The number of nitrogens with one attached hydrogen (secondary N) is 1. The Morgan fingerprint density at radius 1 is 1.28 bits per heavy atom. The van der Waals surface area contributed by atoms with Gasteiger partial charge in [-0.2, -0.15) is 0 Å². The Morgan fingerprint density at radius 2 is 2.04 bits per heavy atom. The summed E-state index contributed by atoms with van der Waals surface area (Å²) in [5.41, 5.74) is 0. The van der Waals surface area contributed by atoms with E-state index < -0.39 is 0 Å². The molecule has 25 heavy (non-hydrogen) atoms. The molecule has 0 spiro atoms. The third-order valence-corrected chi connectivity index (χ3v) is 5.00. The van der Waals surface area contributed by atoms with E-state index in [1.165, 1.54) is 13.0 Å². The Bertz CT molecular complexity index is 571. The molecule has 0 aliphatic carbocycles. The first-order chi connectivity index (χ1) is 11.7. The van der Waals surface area contributed by atoms with Gasteiger partial charge in [0.05, 0.1) is 19.8 Å². The maximum absolute atomic E-state index is 5.43. The van der Waals surface area contributed by atoms with Crippen molar-refractivity contribution in [2.75, 3.05) is 53.0 Å². The molecule has 8 nitrogen and oxygen atoms in total. The Morgan fingerprint density at radius 3 is 2.68 bits per heavy atom. The highest BCUT2D eigenvalue weighted by Crippen LogP contribution is 2.18. The number of ether oxygens (including phenoxy) is 1. The lowest BCUT2D eigenvalue weighted by Gasteiger charge is -2.29. The summed E-state index contributed by atoms with van der Waals surface area (Å²) in [5.74, 6) is 3.52. The molecule has 0 bridgehead atoms. The van der Waals surface area contributed by atoms with Crippen LogP contribution in [0.4, 0.5) is 0 Å². The molecule has 1 aromatic rings. The Kier molecular flexibility index (Phi) is 7.88. The third kappa shape index (κ3) is 5.27. The molecule has 1 atom stereocenters. The van der Waals surface area contributed by atoms with E-state index in [1.54, 1.807) is 0 Å². The molecule has 3 heterocycles. The summed E-state index contributed by atoms with van der Waals surface area (Å²) < 4.78 is 7.44. The van der Waals surface area contributed by atoms with Gasteiger partial charge in [0, 0.05) is 46.8 Å². The van der Waals surface area contributed by atoms with E-state index in [1.807, 2.05) is 25.6 Å². The van der Waals surface area contributed by atoms with Crippen LogP contribution in [0.25, 0.3) is 0 Å². The first kappa shape index (κ1) is 20.4. The van der Waals surface area contributed by atoms with E-state index in [0.29, 0.717) is 12.5 Å². The molecule has 1 unspecified atom stereocenters. The number of aliphatic imine (C=N–C) groups is 1. The van der Waals surface area contributed by atoms with Gasteiger partial charge in [0.2, 0.25) is 0 Å². The van der Waals surface area contributed by atoms with E-state index in [4.69, 9.17) is 4.74 Å². The second kappa shape index (κ2) is 9.67. The van der Waals surface area contributed by atoms with Crippen LogP contribution in [0.1, 0.15) is 18.1 Å². The molecular weight excluding hydrogens is 433 g/mol. The standard InChI is InChI=1S/C16H29N7O.HI/c1-13-19-20-15(21(13)3)10-18-16(17-2)23-5-4-14(12-23)11-22-6-8-24-9-7-22;/h14H,4-12H2,1-3H3,(H,17,18);1H. The molecule has 0 saturated carbocycles. The van der Waals surface area contributed by atoms with E-state index >= 15 is 0 Å². The van der Waals surface area contributed by atoms with E-state index in [9.17, 15) is 0 Å². The number of hydrogen-bond donors (Lipinski definition) is 1. The summed E-state index contributed by atoms with van der Waals surface area (Å²) >= 11 is 0. The average molecular weight is 463 g/mol. The van der Waals surface area contributed by atoms with Gasteiger partial charge in [0.15, 0.2) is 11.8 Å². The molecule has 2 fully saturated rings. The van der Waals surface area contributed by atoms with Crippen molar-refractivity contribution < 1.29 is 4.74 Å². The monoisotopic (exact) mass is 463 g/mol. The lowest BCUT2D eigenvalue weighted by molar-refractivity contribution is 0.0315. The van der Waals surface area contributed by atoms with Crippen LogP contribution in [-0.4, -0.2) is 83.5 Å². The SMILES string of the molecule is CN=C(NCc1nnc(C)n1C)N1CCC(CN2CCOCC2)C1.I. The smallest absolute Gasteiger partial charge is 0.194 e. The van der Waals surface area contributed by atoms with Gasteiger partial charge >= 0.3 is 0 Å². The second-order valence-electron chi connectivity index (χ2n) is 6.64. The molecule has 3 rings (SSSR count). The Labute approximate surface area is 167 Å². The molecule has 142 valence electrons. The Balaban J connectivity index is 0.00000225. The third-order valence-electron chi connectivity index (χ3n) is 5.00. The first-order valence-corrected chi connectivity index (χ1v) is 8.78. The quantitative estimate of drug-likeness (QED) is 0.398. The predicted octanol–water partition coefficient (Wildman–Crippen LogP) is 0.471. The summed E-state index contributed by atoms with van der Waals surface area (Å²) in [6, 6.07) is 0. The highest BCUT2D eigenvalue weighted by atomic mass is 127. The van der Waals surface area contributed by atoms with Crippen LogP contribution >= 0.6 is 24.0 Å². The van der Waals surface area contributed by atoms with Crippen molar-refractivity contribution in [2.24, 2.45) is 18.0 Å². The molecule has 1 N–H and O–H groups in total. The van der Waals surface area contributed by atoms with Crippen molar-refractivity contribution in [1.29, 1.82) is 0 Å². The molecule has 2 saturated heterocycles. The Hall–Kier alpha value is -0.940. The van der Waals surface area contributed by atoms with Gasteiger partial charge in [0.1, 0.15) is 5.82 Å². The second-order valence-corrected chi connectivity index (χ2v) is 6.64. The minimum atomic E-state index is 0. The van der Waals surface area contributed by atoms with Gasteiger partial charge in [-0.15, -0.1) is 34.2 Å². The van der Waals surface area contributed by atoms with Crippen LogP contribution in [0, 0.1) is 12.8 Å². The number of aryl methyl sites for hydroxylation is 1. The highest BCUT2D eigenvalue weighted by molar-refractivity contribution is 14.0. The first-order valence-electron chi connectivity index (χ1n) is 8.78. The van der Waals surface area contributed by atoms with E-state index in [2.05, 4.69) is 30.3 Å². The van der Waals surface area contributed by atoms with Crippen LogP contribution in [0.5, 0.6) is 0 Å². The van der Waals surface area contributed by atoms with Crippen molar-refractivity contribution in [3.8, 4) is 0 Å². The van der Waals surface area contributed by atoms with Crippen molar-refractivity contribution >= 4 is 29.9 Å². The largest absolute Gasteiger partial charge is 0.379 e. The number of rotatable bonds is 4. The molecule has 1 aromatic heterocycles. The zero-order valence-corrected chi connectivity index (χ0v) is 17.8. The lowest BCUT2D eigenvalue weighted by atomic mass is 10.1. The van der Waals surface area contributed by atoms with E-state index in [0.717, 1.165) is 57.0 Å². The zero-order valence-electron chi connectivity index (χ0n) is 15.4. The van der Waals surface area contributed by atoms with E-state index in [-0.39, 0.29) is 24.0 Å². The zero-order chi connectivity index (χ0) is 16.9. The topological polar surface area (TPSA) is 70.8 Å². The highest BCUT2D eigenvalue weighted by Gasteiger charge is 2.27. The number of aromatic nitrogens is 3. The number of likely N-dealkylation sites (tertiary alicyclic amines) is 1. The fourth-order valence-corrected chi connectivity index (χ4v) is 3.42. The minimum Gasteiger partial charge on any atom is -0.379 e. The fraction of sp³-hybridized carbons (Fsp3) is 0.812. The summed E-state index contributed by atoms with van der Waals surface area (Å²) in [7, 11) is 3.84. The van der Waals surface area contributed by atoms with Gasteiger partial charge < -0.3 is 19.5 Å². The maximum atomic E-state index is 5.43. The van der Waals surface area contributed by atoms with Crippen LogP contribution in [0.3, 0.4) is 0 Å². The van der Waals surface area contributed by atoms with Gasteiger partial charge in [-0.25, -0.2) is 0 Å².